The Morgan fingerprint density at radius 2 is 1.75 bits per heavy atom. The van der Waals surface area contributed by atoms with Gasteiger partial charge in [-0.05, 0) is 57.8 Å². The van der Waals surface area contributed by atoms with Crippen LogP contribution in [-0.4, -0.2) is 97.6 Å². The summed E-state index contributed by atoms with van der Waals surface area (Å²) in [5.74, 6) is 2.58. The molecule has 1 amide bonds. The Bertz CT molecular complexity index is 827. The van der Waals surface area contributed by atoms with Gasteiger partial charge in [0.15, 0.2) is 0 Å². The first kappa shape index (κ1) is 20.9. The molecule has 1 aromatic rings. The van der Waals surface area contributed by atoms with E-state index in [1.165, 1.54) is 44.3 Å². The van der Waals surface area contributed by atoms with Gasteiger partial charge in [0.2, 0.25) is 5.91 Å². The summed E-state index contributed by atoms with van der Waals surface area (Å²) in [5, 5.41) is 0. The highest BCUT2D eigenvalue weighted by Crippen LogP contribution is 2.49. The Kier molecular flexibility index (Phi) is 5.64. The summed E-state index contributed by atoms with van der Waals surface area (Å²) in [5.41, 5.74) is 1.30. The summed E-state index contributed by atoms with van der Waals surface area (Å²) in [6.45, 7) is 8.96. The van der Waals surface area contributed by atoms with Crippen molar-refractivity contribution >= 4 is 5.91 Å². The summed E-state index contributed by atoms with van der Waals surface area (Å²) in [7, 11) is 2.22. The van der Waals surface area contributed by atoms with E-state index in [-0.39, 0.29) is 11.8 Å². The lowest BCUT2D eigenvalue weighted by Gasteiger charge is -2.43. The van der Waals surface area contributed by atoms with E-state index in [0.29, 0.717) is 24.6 Å². The van der Waals surface area contributed by atoms with Crippen molar-refractivity contribution in [2.45, 2.75) is 37.8 Å². The topological polar surface area (TPSA) is 39.3 Å². The molecular weight excluding hydrogens is 400 g/mol. The Morgan fingerprint density at radius 1 is 1.00 bits per heavy atom. The van der Waals surface area contributed by atoms with Crippen molar-refractivity contribution in [2.75, 3.05) is 66.0 Å². The number of hydrogen-bond donors (Lipinski definition) is 0. The molecule has 32 heavy (non-hydrogen) atoms. The first-order valence-corrected chi connectivity index (χ1v) is 12.8. The zero-order valence-electron chi connectivity index (χ0n) is 19.5. The lowest BCUT2D eigenvalue weighted by molar-refractivity contribution is -0.139. The zero-order chi connectivity index (χ0) is 21.7. The molecule has 0 unspecified atom stereocenters. The molecule has 1 aromatic carbocycles. The molecule has 1 saturated carbocycles. The highest BCUT2D eigenvalue weighted by Gasteiger charge is 2.50. The molecular formula is C26H38N4O2. The summed E-state index contributed by atoms with van der Waals surface area (Å²) in [6, 6.07) is 9.55. The van der Waals surface area contributed by atoms with Gasteiger partial charge in [-0.25, -0.2) is 0 Å². The van der Waals surface area contributed by atoms with Crippen LogP contribution in [0, 0.1) is 17.8 Å². The number of amides is 1. The molecule has 5 aliphatic rings. The van der Waals surface area contributed by atoms with Crippen LogP contribution >= 0.6 is 0 Å². The first-order chi connectivity index (χ1) is 15.7. The van der Waals surface area contributed by atoms with Crippen molar-refractivity contribution in [1.82, 2.24) is 19.6 Å². The van der Waals surface area contributed by atoms with E-state index in [4.69, 9.17) is 4.74 Å². The fourth-order valence-electron chi connectivity index (χ4n) is 6.65. The molecule has 4 aliphatic heterocycles. The van der Waals surface area contributed by atoms with E-state index in [9.17, 15) is 4.79 Å². The summed E-state index contributed by atoms with van der Waals surface area (Å²) in [6.07, 6.45) is 5.24. The molecule has 0 radical (unpaired) electrons. The van der Waals surface area contributed by atoms with Gasteiger partial charge in [-0.15, -0.1) is 0 Å². The number of nitrogens with zero attached hydrogens (tertiary/aromatic N) is 4. The van der Waals surface area contributed by atoms with Crippen LogP contribution in [-0.2, 0) is 4.79 Å². The fraction of sp³-hybridized carbons (Fsp3) is 0.731. The van der Waals surface area contributed by atoms with Crippen molar-refractivity contribution in [2.24, 2.45) is 17.8 Å². The molecule has 0 spiro atoms. The highest BCUT2D eigenvalue weighted by atomic mass is 16.5. The third-order valence-electron chi connectivity index (χ3n) is 8.75. The number of carbonyl (C=O) groups excluding carboxylic acids is 1. The van der Waals surface area contributed by atoms with Gasteiger partial charge >= 0.3 is 0 Å². The van der Waals surface area contributed by atoms with Crippen molar-refractivity contribution in [3.63, 3.8) is 0 Å². The minimum atomic E-state index is 0.0713. The molecule has 6 rings (SSSR count). The van der Waals surface area contributed by atoms with E-state index >= 15 is 0 Å². The molecule has 0 bridgehead atoms. The molecule has 174 valence electrons. The molecule has 6 nitrogen and oxygen atoms in total. The number of likely N-dealkylation sites (tertiary alicyclic amines) is 2. The summed E-state index contributed by atoms with van der Waals surface area (Å²) >= 11 is 0. The third-order valence-corrected chi connectivity index (χ3v) is 8.75. The Labute approximate surface area is 192 Å². The molecule has 3 saturated heterocycles. The second kappa shape index (κ2) is 8.62. The number of piperazine rings is 1. The maximum absolute atomic E-state index is 13.8. The molecule has 1 aliphatic carbocycles. The van der Waals surface area contributed by atoms with Gasteiger partial charge in [-0.1, -0.05) is 18.2 Å². The maximum Gasteiger partial charge on any atom is 0.227 e. The number of carbonyl (C=O) groups is 1. The Hall–Kier alpha value is -1.63. The second-order valence-corrected chi connectivity index (χ2v) is 10.9. The largest absolute Gasteiger partial charge is 0.493 e. The minimum absolute atomic E-state index is 0.0713. The maximum atomic E-state index is 13.8. The van der Waals surface area contributed by atoms with Gasteiger partial charge in [-0.3, -0.25) is 14.6 Å². The number of benzene rings is 1. The smallest absolute Gasteiger partial charge is 0.227 e. The van der Waals surface area contributed by atoms with E-state index in [1.54, 1.807) is 0 Å². The molecule has 4 fully saturated rings. The average Bonchev–Trinajstić information content (AvgIpc) is 3.58. The number of rotatable bonds is 4. The third kappa shape index (κ3) is 3.95. The standard InChI is InChI=1S/C26H38N4O2/c1-27-10-8-20(9-11-27)28-12-14-29(15-13-28)26(31)22-17-30(16-19-6-7-19)25-21-4-2-3-5-24(21)32-18-23(22)25/h2-5,19-20,22-23,25H,6-18H2,1H3/t22-,23+,25+/m1/s1. The normalized spacial score (nSPS) is 32.4. The average molecular weight is 439 g/mol. The van der Waals surface area contributed by atoms with Gasteiger partial charge in [-0.2, -0.15) is 0 Å². The number of para-hydroxylation sites is 1. The zero-order valence-corrected chi connectivity index (χ0v) is 19.5. The van der Waals surface area contributed by atoms with Crippen molar-refractivity contribution in [3.05, 3.63) is 29.8 Å². The summed E-state index contributed by atoms with van der Waals surface area (Å²) < 4.78 is 6.17. The van der Waals surface area contributed by atoms with Crippen LogP contribution in [0.3, 0.4) is 0 Å². The van der Waals surface area contributed by atoms with Crippen LogP contribution in [0.2, 0.25) is 0 Å². The Balaban J connectivity index is 1.13. The predicted molar refractivity (Wildman–Crippen MR) is 125 cm³/mol. The lowest BCUT2D eigenvalue weighted by atomic mass is 9.84. The van der Waals surface area contributed by atoms with Gasteiger partial charge in [0.25, 0.3) is 0 Å². The second-order valence-electron chi connectivity index (χ2n) is 10.9. The van der Waals surface area contributed by atoms with Gasteiger partial charge < -0.3 is 14.5 Å². The number of hydrogen-bond acceptors (Lipinski definition) is 5. The van der Waals surface area contributed by atoms with Gasteiger partial charge in [0.1, 0.15) is 5.75 Å². The van der Waals surface area contributed by atoms with Crippen molar-refractivity contribution < 1.29 is 9.53 Å². The molecule has 3 atom stereocenters. The van der Waals surface area contributed by atoms with E-state index in [0.717, 1.165) is 50.9 Å². The van der Waals surface area contributed by atoms with Crippen LogP contribution in [0.5, 0.6) is 5.75 Å². The number of fused-ring (bicyclic) bond motifs is 3. The molecule has 4 heterocycles. The number of piperidine rings is 1. The SMILES string of the molecule is CN1CCC(N2CCN(C(=O)[C@@H]3CN(CC4CC4)[C@H]4c5ccccc5OC[C@@H]34)CC2)CC1. The molecule has 6 heteroatoms. The van der Waals surface area contributed by atoms with E-state index in [1.807, 2.05) is 0 Å². The van der Waals surface area contributed by atoms with Crippen LogP contribution in [0.4, 0.5) is 0 Å². The van der Waals surface area contributed by atoms with E-state index < -0.39 is 0 Å². The van der Waals surface area contributed by atoms with Crippen LogP contribution < -0.4 is 4.74 Å². The van der Waals surface area contributed by atoms with Crippen LogP contribution in [0.25, 0.3) is 0 Å². The van der Waals surface area contributed by atoms with Gasteiger partial charge in [0.05, 0.1) is 12.5 Å². The number of ether oxygens (including phenoxy) is 1. The van der Waals surface area contributed by atoms with Crippen molar-refractivity contribution in [3.8, 4) is 5.75 Å². The van der Waals surface area contributed by atoms with Gasteiger partial charge in [0, 0.05) is 62.8 Å². The first-order valence-electron chi connectivity index (χ1n) is 12.8. The Morgan fingerprint density at radius 3 is 2.50 bits per heavy atom. The van der Waals surface area contributed by atoms with Crippen LogP contribution in [0.15, 0.2) is 24.3 Å². The molecule has 0 N–H and O–H groups in total. The van der Waals surface area contributed by atoms with Crippen molar-refractivity contribution in [1.29, 1.82) is 0 Å². The summed E-state index contributed by atoms with van der Waals surface area (Å²) in [4.78, 5) is 23.6. The predicted octanol–water partition coefficient (Wildman–Crippen LogP) is 2.32. The molecule has 0 aromatic heterocycles. The van der Waals surface area contributed by atoms with E-state index in [2.05, 4.69) is 50.9 Å². The fourth-order valence-corrected chi connectivity index (χ4v) is 6.65. The monoisotopic (exact) mass is 438 g/mol. The quantitative estimate of drug-likeness (QED) is 0.722. The highest BCUT2D eigenvalue weighted by molar-refractivity contribution is 5.80. The van der Waals surface area contributed by atoms with Crippen LogP contribution in [0.1, 0.15) is 37.3 Å². The lowest BCUT2D eigenvalue weighted by Crippen LogP contribution is -2.55. The minimum Gasteiger partial charge on any atom is -0.493 e.